The van der Waals surface area contributed by atoms with E-state index in [1.54, 1.807) is 55.7 Å². The van der Waals surface area contributed by atoms with Crippen LogP contribution in [-0.4, -0.2) is 14.4 Å². The molecule has 3 heterocycles. The summed E-state index contributed by atoms with van der Waals surface area (Å²) in [5.74, 6) is 1.13. The Morgan fingerprint density at radius 1 is 0.964 bits per heavy atom. The summed E-state index contributed by atoms with van der Waals surface area (Å²) in [7, 11) is 0. The highest BCUT2D eigenvalue weighted by atomic mass is 19.1. The van der Waals surface area contributed by atoms with Crippen molar-refractivity contribution in [2.45, 2.75) is 13.5 Å². The molecule has 3 aromatic heterocycles. The Kier molecular flexibility index (Phi) is 4.72. The standard InChI is InChI=1S/C21H16FN3O3/c1-14-10-23-19-8-6-18(12-25(19)21(14)26)28-17-7-9-20(24-11-17)27-13-15-2-4-16(22)5-3-15/h2-12H,13H2,1H3. The summed E-state index contributed by atoms with van der Waals surface area (Å²) >= 11 is 0. The Morgan fingerprint density at radius 3 is 2.50 bits per heavy atom. The molecule has 1 aromatic carbocycles. The molecule has 0 atom stereocenters. The van der Waals surface area contributed by atoms with Crippen molar-refractivity contribution in [3.8, 4) is 17.4 Å². The molecule has 6 nitrogen and oxygen atoms in total. The van der Waals surface area contributed by atoms with Crippen LogP contribution in [0.2, 0.25) is 0 Å². The molecule has 0 saturated carbocycles. The lowest BCUT2D eigenvalue weighted by Crippen LogP contribution is -2.16. The number of pyridine rings is 2. The third-order valence-corrected chi connectivity index (χ3v) is 4.09. The fourth-order valence-corrected chi connectivity index (χ4v) is 2.60. The SMILES string of the molecule is Cc1cnc2ccc(Oc3ccc(OCc4ccc(F)cc4)nc3)cn2c1=O. The number of halogens is 1. The van der Waals surface area contributed by atoms with Gasteiger partial charge >= 0.3 is 0 Å². The molecule has 0 fully saturated rings. The molecule has 0 bridgehead atoms. The van der Waals surface area contributed by atoms with Crippen LogP contribution in [0.5, 0.6) is 17.4 Å². The summed E-state index contributed by atoms with van der Waals surface area (Å²) in [6.07, 6.45) is 4.67. The molecule has 7 heteroatoms. The second kappa shape index (κ2) is 7.48. The fraction of sp³-hybridized carbons (Fsp3) is 0.0952. The van der Waals surface area contributed by atoms with Crippen LogP contribution >= 0.6 is 0 Å². The third-order valence-electron chi connectivity index (χ3n) is 4.09. The van der Waals surface area contributed by atoms with Crippen molar-refractivity contribution in [1.29, 1.82) is 0 Å². The first-order valence-corrected chi connectivity index (χ1v) is 8.58. The van der Waals surface area contributed by atoms with Crippen LogP contribution in [0.25, 0.3) is 5.65 Å². The highest BCUT2D eigenvalue weighted by molar-refractivity contribution is 5.42. The average molecular weight is 377 g/mol. The third kappa shape index (κ3) is 3.83. The Morgan fingerprint density at radius 2 is 1.75 bits per heavy atom. The average Bonchev–Trinajstić information content (AvgIpc) is 2.72. The first-order chi connectivity index (χ1) is 13.6. The predicted octanol–water partition coefficient (Wildman–Crippen LogP) is 3.91. The van der Waals surface area contributed by atoms with E-state index < -0.39 is 0 Å². The number of rotatable bonds is 5. The van der Waals surface area contributed by atoms with Gasteiger partial charge in [-0.25, -0.2) is 14.4 Å². The van der Waals surface area contributed by atoms with Crippen LogP contribution in [0.3, 0.4) is 0 Å². The molecule has 4 aromatic rings. The molecule has 0 amide bonds. The van der Waals surface area contributed by atoms with E-state index in [2.05, 4.69) is 9.97 Å². The molecular formula is C21H16FN3O3. The number of hydrogen-bond acceptors (Lipinski definition) is 5. The molecule has 0 spiro atoms. The highest BCUT2D eigenvalue weighted by Gasteiger charge is 2.05. The summed E-state index contributed by atoms with van der Waals surface area (Å²) < 4.78 is 25.7. The number of benzene rings is 1. The van der Waals surface area contributed by atoms with Crippen LogP contribution in [-0.2, 0) is 6.61 Å². The van der Waals surface area contributed by atoms with Gasteiger partial charge in [-0.05, 0) is 42.8 Å². The largest absolute Gasteiger partial charge is 0.473 e. The first-order valence-electron chi connectivity index (χ1n) is 8.58. The fourth-order valence-electron chi connectivity index (χ4n) is 2.60. The normalized spacial score (nSPS) is 10.8. The Bertz CT molecular complexity index is 1170. The van der Waals surface area contributed by atoms with Gasteiger partial charge in [-0.3, -0.25) is 9.20 Å². The molecule has 4 rings (SSSR count). The zero-order valence-corrected chi connectivity index (χ0v) is 15.0. The van der Waals surface area contributed by atoms with Gasteiger partial charge < -0.3 is 9.47 Å². The van der Waals surface area contributed by atoms with Crippen molar-refractivity contribution >= 4 is 5.65 Å². The molecule has 0 unspecified atom stereocenters. The van der Waals surface area contributed by atoms with Gasteiger partial charge in [0.05, 0.1) is 12.4 Å². The zero-order valence-electron chi connectivity index (χ0n) is 15.0. The van der Waals surface area contributed by atoms with E-state index in [-0.39, 0.29) is 18.0 Å². The van der Waals surface area contributed by atoms with Gasteiger partial charge in [0.1, 0.15) is 29.6 Å². The first kappa shape index (κ1) is 17.7. The molecule has 0 saturated heterocycles. The topological polar surface area (TPSA) is 65.7 Å². The van der Waals surface area contributed by atoms with Crippen LogP contribution in [0.1, 0.15) is 11.1 Å². The molecule has 0 N–H and O–H groups in total. The quantitative estimate of drug-likeness (QED) is 0.528. The summed E-state index contributed by atoms with van der Waals surface area (Å²) in [4.78, 5) is 20.6. The maximum Gasteiger partial charge on any atom is 0.260 e. The van der Waals surface area contributed by atoms with Gasteiger partial charge in [0, 0.05) is 17.8 Å². The monoisotopic (exact) mass is 377 g/mol. The predicted molar refractivity (Wildman–Crippen MR) is 101 cm³/mol. The number of aromatic nitrogens is 3. The number of nitrogens with zero attached hydrogens (tertiary/aromatic N) is 3. The Balaban J connectivity index is 1.45. The van der Waals surface area contributed by atoms with E-state index in [0.29, 0.717) is 28.6 Å². The number of fused-ring (bicyclic) bond motifs is 1. The van der Waals surface area contributed by atoms with E-state index in [1.807, 2.05) is 0 Å². The summed E-state index contributed by atoms with van der Waals surface area (Å²) in [6.45, 7) is 2.00. The second-order valence-electron chi connectivity index (χ2n) is 6.19. The van der Waals surface area contributed by atoms with E-state index in [9.17, 15) is 9.18 Å². The summed E-state index contributed by atoms with van der Waals surface area (Å²) in [6, 6.07) is 12.9. The number of ether oxygens (including phenoxy) is 2. The number of aryl methyl sites for hydroxylation is 1. The summed E-state index contributed by atoms with van der Waals surface area (Å²) in [5.41, 5.74) is 1.80. The lowest BCUT2D eigenvalue weighted by molar-refractivity contribution is 0.293. The zero-order chi connectivity index (χ0) is 19.5. The lowest BCUT2D eigenvalue weighted by atomic mass is 10.2. The van der Waals surface area contributed by atoms with Gasteiger partial charge in [-0.15, -0.1) is 0 Å². The molecule has 0 aliphatic rings. The van der Waals surface area contributed by atoms with E-state index in [4.69, 9.17) is 9.47 Å². The second-order valence-corrected chi connectivity index (χ2v) is 6.19. The smallest absolute Gasteiger partial charge is 0.260 e. The van der Waals surface area contributed by atoms with Gasteiger partial charge in [0.25, 0.3) is 5.56 Å². The van der Waals surface area contributed by atoms with E-state index in [1.165, 1.54) is 22.7 Å². The van der Waals surface area contributed by atoms with Crippen LogP contribution in [0.4, 0.5) is 4.39 Å². The van der Waals surface area contributed by atoms with Crippen LogP contribution < -0.4 is 15.0 Å². The lowest BCUT2D eigenvalue weighted by Gasteiger charge is -2.09. The highest BCUT2D eigenvalue weighted by Crippen LogP contribution is 2.22. The molecule has 28 heavy (non-hydrogen) atoms. The Hall–Kier alpha value is -3.74. The minimum Gasteiger partial charge on any atom is -0.473 e. The van der Waals surface area contributed by atoms with Gasteiger partial charge in [-0.1, -0.05) is 12.1 Å². The van der Waals surface area contributed by atoms with Crippen molar-refractivity contribution in [3.63, 3.8) is 0 Å². The van der Waals surface area contributed by atoms with Crippen molar-refractivity contribution in [3.05, 3.63) is 94.4 Å². The minimum absolute atomic E-state index is 0.141. The van der Waals surface area contributed by atoms with Crippen LogP contribution in [0.15, 0.2) is 71.9 Å². The Labute approximate surface area is 159 Å². The minimum atomic E-state index is -0.287. The van der Waals surface area contributed by atoms with Gasteiger partial charge in [0.2, 0.25) is 5.88 Å². The molecule has 0 aliphatic heterocycles. The van der Waals surface area contributed by atoms with Crippen molar-refractivity contribution in [1.82, 2.24) is 14.4 Å². The molecule has 0 aliphatic carbocycles. The van der Waals surface area contributed by atoms with Crippen molar-refractivity contribution in [2.75, 3.05) is 0 Å². The van der Waals surface area contributed by atoms with E-state index in [0.717, 1.165) is 5.56 Å². The summed E-state index contributed by atoms with van der Waals surface area (Å²) in [5, 5.41) is 0. The molecular weight excluding hydrogens is 361 g/mol. The van der Waals surface area contributed by atoms with Gasteiger partial charge in [0.15, 0.2) is 0 Å². The van der Waals surface area contributed by atoms with Crippen molar-refractivity contribution < 1.29 is 13.9 Å². The van der Waals surface area contributed by atoms with Crippen LogP contribution in [0, 0.1) is 12.7 Å². The maximum atomic E-state index is 12.9. The number of hydrogen-bond donors (Lipinski definition) is 0. The van der Waals surface area contributed by atoms with E-state index >= 15 is 0 Å². The maximum absolute atomic E-state index is 12.9. The van der Waals surface area contributed by atoms with Gasteiger partial charge in [-0.2, -0.15) is 0 Å². The van der Waals surface area contributed by atoms with Crippen molar-refractivity contribution in [2.24, 2.45) is 0 Å². The molecule has 140 valence electrons. The molecule has 0 radical (unpaired) electrons.